The molecule has 16 heteroatoms. The maximum atomic E-state index is 13.7. The highest BCUT2D eigenvalue weighted by Gasteiger charge is 2.40. The van der Waals surface area contributed by atoms with Crippen LogP contribution in [-0.4, -0.2) is 93.0 Å². The number of hydrogen-bond donors (Lipinski definition) is 8. The van der Waals surface area contributed by atoms with Crippen LogP contribution in [0.15, 0.2) is 84.9 Å². The van der Waals surface area contributed by atoms with Gasteiger partial charge < -0.3 is 42.5 Å². The Kier molecular flexibility index (Phi) is 14.7. The minimum absolute atomic E-state index is 0.00440. The Balaban J connectivity index is 1.58. The quantitative estimate of drug-likeness (QED) is 0.129. The zero-order chi connectivity index (χ0) is 38.5. The Hall–Kier alpha value is -5.06. The zero-order valence-corrected chi connectivity index (χ0v) is 30.9. The summed E-state index contributed by atoms with van der Waals surface area (Å²) < 4.78 is -1.07. The maximum absolute atomic E-state index is 13.7. The monoisotopic (exact) mass is 764 g/mol. The summed E-state index contributed by atoms with van der Waals surface area (Å²) in [6.45, 7) is 2.86. The molecule has 0 aromatic heterocycles. The van der Waals surface area contributed by atoms with E-state index in [1.54, 1.807) is 86.6 Å². The molecule has 1 aliphatic rings. The molecule has 9 N–H and O–H groups in total. The van der Waals surface area contributed by atoms with Gasteiger partial charge in [0, 0.05) is 23.3 Å². The molecule has 3 aromatic carbocycles. The van der Waals surface area contributed by atoms with Gasteiger partial charge in [-0.25, -0.2) is 4.79 Å². The van der Waals surface area contributed by atoms with Crippen molar-refractivity contribution in [2.75, 3.05) is 12.3 Å². The number of aliphatic carboxylic acids is 1. The Morgan fingerprint density at radius 3 is 2.09 bits per heavy atom. The molecule has 0 saturated carbocycles. The van der Waals surface area contributed by atoms with Crippen molar-refractivity contribution in [2.45, 2.75) is 68.1 Å². The Morgan fingerprint density at radius 2 is 1.47 bits per heavy atom. The number of carbonyl (C=O) groups excluding carboxylic acids is 5. The molecule has 5 amide bonds. The van der Waals surface area contributed by atoms with Crippen LogP contribution in [-0.2, 0) is 48.0 Å². The van der Waals surface area contributed by atoms with Crippen LogP contribution in [0.4, 0.5) is 0 Å². The third-order valence-corrected chi connectivity index (χ3v) is 11.7. The van der Waals surface area contributed by atoms with Crippen LogP contribution in [0.3, 0.4) is 0 Å². The topological polar surface area (TPSA) is 229 Å². The Labute approximate surface area is 315 Å². The number of nitrogens with two attached hydrogens (primary N) is 1. The number of rotatable bonds is 11. The molecule has 53 heavy (non-hydrogen) atoms. The molecule has 1 heterocycles. The highest BCUT2D eigenvalue weighted by molar-refractivity contribution is 8.77. The number of phenolic OH excluding ortho intramolecular Hbond substituents is 1. The molecule has 0 aliphatic carbocycles. The van der Waals surface area contributed by atoms with E-state index in [0.29, 0.717) is 16.7 Å². The first-order valence-corrected chi connectivity index (χ1v) is 19.2. The number of hydrogen-bond acceptors (Lipinski definition) is 10. The zero-order valence-electron chi connectivity index (χ0n) is 29.2. The normalized spacial score (nSPS) is 20.7. The van der Waals surface area contributed by atoms with E-state index in [4.69, 9.17) is 5.73 Å². The summed E-state index contributed by atoms with van der Waals surface area (Å²) in [7, 11) is 2.29. The van der Waals surface area contributed by atoms with Gasteiger partial charge in [-0.2, -0.15) is 0 Å². The van der Waals surface area contributed by atoms with Gasteiger partial charge in [-0.15, -0.1) is 0 Å². The number of nitrogens with one attached hydrogen (secondary N) is 5. The maximum Gasteiger partial charge on any atom is 0.326 e. The highest BCUT2D eigenvalue weighted by Crippen LogP contribution is 2.39. The van der Waals surface area contributed by atoms with E-state index < -0.39 is 77.0 Å². The summed E-state index contributed by atoms with van der Waals surface area (Å²) in [4.78, 5) is 79.9. The van der Waals surface area contributed by atoms with E-state index in [2.05, 4.69) is 26.6 Å². The first-order chi connectivity index (χ1) is 25.2. The first kappa shape index (κ1) is 40.7. The van der Waals surface area contributed by atoms with E-state index in [1.807, 2.05) is 0 Å². The molecule has 5 atom stereocenters. The third kappa shape index (κ3) is 12.5. The van der Waals surface area contributed by atoms with Crippen molar-refractivity contribution in [2.24, 2.45) is 5.73 Å². The Bertz CT molecular complexity index is 1750. The molecule has 1 fully saturated rings. The molecule has 4 rings (SSSR count). The van der Waals surface area contributed by atoms with E-state index >= 15 is 0 Å². The summed E-state index contributed by atoms with van der Waals surface area (Å²) in [5, 5.41) is 32.7. The second kappa shape index (κ2) is 19.1. The molecule has 282 valence electrons. The van der Waals surface area contributed by atoms with E-state index in [-0.39, 0.29) is 30.8 Å². The average molecular weight is 765 g/mol. The number of amides is 5. The molecule has 0 radical (unpaired) electrons. The summed E-state index contributed by atoms with van der Waals surface area (Å²) >= 11 is 0. The van der Waals surface area contributed by atoms with E-state index in [0.717, 1.165) is 21.6 Å². The van der Waals surface area contributed by atoms with Crippen molar-refractivity contribution >= 4 is 57.1 Å². The van der Waals surface area contributed by atoms with Crippen LogP contribution < -0.4 is 32.3 Å². The lowest BCUT2D eigenvalue weighted by atomic mass is 10.0. The van der Waals surface area contributed by atoms with Gasteiger partial charge in [0.15, 0.2) is 0 Å². The molecule has 1 saturated heterocycles. The van der Waals surface area contributed by atoms with Crippen molar-refractivity contribution in [3.05, 3.63) is 102 Å². The van der Waals surface area contributed by atoms with Gasteiger partial charge in [-0.05, 0) is 49.1 Å². The number of benzene rings is 3. The van der Waals surface area contributed by atoms with Gasteiger partial charge in [0.2, 0.25) is 29.5 Å². The van der Waals surface area contributed by atoms with Crippen LogP contribution >= 0.6 is 21.6 Å². The fourth-order valence-electron chi connectivity index (χ4n) is 5.44. The van der Waals surface area contributed by atoms with Crippen molar-refractivity contribution < 1.29 is 39.0 Å². The second-order valence-electron chi connectivity index (χ2n) is 13.1. The van der Waals surface area contributed by atoms with Gasteiger partial charge in [0.25, 0.3) is 0 Å². The van der Waals surface area contributed by atoms with Crippen LogP contribution in [0.5, 0.6) is 5.75 Å². The van der Waals surface area contributed by atoms with Crippen molar-refractivity contribution in [3.8, 4) is 5.75 Å². The van der Waals surface area contributed by atoms with Crippen LogP contribution in [0.1, 0.15) is 30.5 Å². The number of phenols is 1. The SMILES string of the molecule is CC1(C)SSCC(C(=O)N[C@@H](Cc2ccccc2)C(=O)O)NC(=O)C(Cc2ccccc2)NC(=O)CNC(=O)[C@@H]1NC(=O)[C@@H](N)Cc1ccc(O)cc1. The van der Waals surface area contributed by atoms with Gasteiger partial charge >= 0.3 is 5.97 Å². The molecule has 14 nitrogen and oxygen atoms in total. The summed E-state index contributed by atoms with van der Waals surface area (Å²) in [5.74, 6) is -4.72. The van der Waals surface area contributed by atoms with E-state index in [1.165, 1.54) is 12.1 Å². The number of carbonyl (C=O) groups is 6. The van der Waals surface area contributed by atoms with Gasteiger partial charge in [0.05, 0.1) is 12.6 Å². The predicted molar refractivity (Wildman–Crippen MR) is 203 cm³/mol. The lowest BCUT2D eigenvalue weighted by Gasteiger charge is -2.34. The highest BCUT2D eigenvalue weighted by atomic mass is 33.1. The number of aromatic hydroxyl groups is 1. The standard InChI is InChI=1S/C37H44N6O8S2/c1-37(2)31(43-32(46)26(38)17-24-13-15-25(44)16-14-24)35(49)39-20-30(45)40-27(18-22-9-5-3-6-10-22)33(47)42-29(21-52-53-37)34(48)41-28(36(50)51)19-23-11-7-4-8-12-23/h3-16,26-29,31,44H,17-21,38H2,1-2H3,(H,39,49)(H,40,45)(H,41,48)(H,42,47)(H,43,46)(H,50,51)/t26-,27?,28-,29?,31-/m0/s1. The number of carboxylic acid groups (broad SMARTS) is 1. The largest absolute Gasteiger partial charge is 0.508 e. The first-order valence-electron chi connectivity index (χ1n) is 16.8. The fourth-order valence-corrected chi connectivity index (χ4v) is 8.25. The lowest BCUT2D eigenvalue weighted by molar-refractivity contribution is -0.142. The van der Waals surface area contributed by atoms with Crippen LogP contribution in [0, 0.1) is 0 Å². The molecule has 1 aliphatic heterocycles. The molecule has 2 unspecified atom stereocenters. The van der Waals surface area contributed by atoms with Gasteiger partial charge in [-0.3, -0.25) is 24.0 Å². The molecule has 0 bridgehead atoms. The molecular formula is C37H44N6O8S2. The molecule has 3 aromatic rings. The van der Waals surface area contributed by atoms with Gasteiger partial charge in [0.1, 0.15) is 29.9 Å². The molecular weight excluding hydrogens is 721 g/mol. The van der Waals surface area contributed by atoms with E-state index in [9.17, 15) is 39.0 Å². The fraction of sp³-hybridized carbons (Fsp3) is 0.351. The number of carboxylic acids is 1. The van der Waals surface area contributed by atoms with Crippen molar-refractivity contribution in [1.82, 2.24) is 26.6 Å². The average Bonchev–Trinajstić information content (AvgIpc) is 3.12. The van der Waals surface area contributed by atoms with Crippen molar-refractivity contribution in [1.29, 1.82) is 0 Å². The second-order valence-corrected chi connectivity index (χ2v) is 16.1. The predicted octanol–water partition coefficient (Wildman–Crippen LogP) is 1.06. The van der Waals surface area contributed by atoms with Gasteiger partial charge in [-0.1, -0.05) is 94.4 Å². The lowest BCUT2D eigenvalue weighted by Crippen LogP contribution is -2.61. The smallest absolute Gasteiger partial charge is 0.326 e. The Morgan fingerprint density at radius 1 is 0.868 bits per heavy atom. The van der Waals surface area contributed by atoms with Crippen LogP contribution in [0.2, 0.25) is 0 Å². The minimum atomic E-state index is -1.31. The minimum Gasteiger partial charge on any atom is -0.508 e. The third-order valence-electron chi connectivity index (χ3n) is 8.37. The van der Waals surface area contributed by atoms with Crippen LogP contribution in [0.25, 0.3) is 0 Å². The summed E-state index contributed by atoms with van der Waals surface area (Å²) in [6, 6.07) is 17.9. The molecule has 0 spiro atoms. The summed E-state index contributed by atoms with van der Waals surface area (Å²) in [5.41, 5.74) is 8.30. The summed E-state index contributed by atoms with van der Waals surface area (Å²) in [6.07, 6.45) is 0.167. The van der Waals surface area contributed by atoms with Crippen molar-refractivity contribution in [3.63, 3.8) is 0 Å².